The molecule has 3 aromatic carbocycles. The number of nitrogens with one attached hydrogen (secondary N) is 1. The zero-order chi connectivity index (χ0) is 21.2. The molecular weight excluding hydrogens is 394 g/mol. The van der Waals surface area contributed by atoms with E-state index in [1.807, 2.05) is 30.3 Å². The molecule has 30 heavy (non-hydrogen) atoms. The lowest BCUT2D eigenvalue weighted by Gasteiger charge is -2.11. The van der Waals surface area contributed by atoms with E-state index < -0.39 is 12.5 Å². The smallest absolute Gasteiger partial charge is 0.387 e. The summed E-state index contributed by atoms with van der Waals surface area (Å²) in [6.07, 6.45) is 1.35. The first kappa shape index (κ1) is 20.8. The normalized spacial score (nSPS) is 10.8. The number of anilines is 1. The summed E-state index contributed by atoms with van der Waals surface area (Å²) in [7, 11) is 0. The summed E-state index contributed by atoms with van der Waals surface area (Å²) in [5.74, 6) is 0.757. The fourth-order valence-electron chi connectivity index (χ4n) is 2.39. The zero-order valence-corrected chi connectivity index (χ0v) is 15.7. The van der Waals surface area contributed by atoms with Gasteiger partial charge >= 0.3 is 6.61 Å². The minimum absolute atomic E-state index is 0.0406. The summed E-state index contributed by atoms with van der Waals surface area (Å²) in [6, 6.07) is 22.0. The molecule has 8 heteroatoms. The van der Waals surface area contributed by atoms with Gasteiger partial charge in [-0.05, 0) is 54.1 Å². The van der Waals surface area contributed by atoms with E-state index >= 15 is 0 Å². The van der Waals surface area contributed by atoms with Crippen molar-refractivity contribution in [3.05, 3.63) is 84.4 Å². The monoisotopic (exact) mass is 412 g/mol. The van der Waals surface area contributed by atoms with Crippen molar-refractivity contribution in [3.63, 3.8) is 0 Å². The largest absolute Gasteiger partial charge is 0.455 e. The first-order chi connectivity index (χ1) is 14.6. The number of amides is 1. The van der Waals surface area contributed by atoms with E-state index in [-0.39, 0.29) is 12.4 Å². The van der Waals surface area contributed by atoms with Gasteiger partial charge in [0.05, 0.1) is 11.9 Å². The van der Waals surface area contributed by atoms with Gasteiger partial charge in [-0.3, -0.25) is 4.79 Å². The van der Waals surface area contributed by atoms with Crippen LogP contribution in [0.1, 0.15) is 5.56 Å². The third-order valence-corrected chi connectivity index (χ3v) is 3.71. The van der Waals surface area contributed by atoms with E-state index in [1.165, 1.54) is 30.5 Å². The maximum Gasteiger partial charge on any atom is 0.387 e. The Balaban J connectivity index is 1.50. The third kappa shape index (κ3) is 6.59. The third-order valence-electron chi connectivity index (χ3n) is 3.71. The molecule has 0 aromatic heterocycles. The molecule has 0 fully saturated rings. The highest BCUT2D eigenvalue weighted by Crippen LogP contribution is 2.29. The Bertz CT molecular complexity index is 980. The molecule has 0 atom stereocenters. The average molecular weight is 412 g/mol. The molecule has 0 unspecified atom stereocenters. The Morgan fingerprint density at radius 2 is 1.63 bits per heavy atom. The predicted octanol–water partition coefficient (Wildman–Crippen LogP) is 5.07. The second-order valence-corrected chi connectivity index (χ2v) is 5.91. The quantitative estimate of drug-likeness (QED) is 0.394. The number of nitrogens with zero attached hydrogens (tertiary/aromatic N) is 1. The summed E-state index contributed by atoms with van der Waals surface area (Å²) >= 11 is 0. The van der Waals surface area contributed by atoms with Gasteiger partial charge in [0.1, 0.15) is 11.5 Å². The second-order valence-electron chi connectivity index (χ2n) is 5.91. The number of rotatable bonds is 9. The first-order valence-electron chi connectivity index (χ1n) is 8.92. The lowest BCUT2D eigenvalue weighted by molar-refractivity contribution is -0.120. The summed E-state index contributed by atoms with van der Waals surface area (Å²) in [4.78, 5) is 17.1. The van der Waals surface area contributed by atoms with E-state index in [0.29, 0.717) is 22.7 Å². The molecule has 0 aliphatic carbocycles. The van der Waals surface area contributed by atoms with Crippen LogP contribution >= 0.6 is 0 Å². The van der Waals surface area contributed by atoms with E-state index in [2.05, 4.69) is 15.2 Å². The van der Waals surface area contributed by atoms with Crippen LogP contribution in [0.3, 0.4) is 0 Å². The van der Waals surface area contributed by atoms with Crippen LogP contribution in [0.4, 0.5) is 14.5 Å². The summed E-state index contributed by atoms with van der Waals surface area (Å²) < 4.78 is 34.3. The number of halogens is 2. The second kappa shape index (κ2) is 10.6. The standard InChI is InChI=1S/C22H18F2N2O4/c23-22(24)30-18-12-10-16(11-13-18)14-25-28-15-21(27)26-19-8-4-5-9-20(19)29-17-6-2-1-3-7-17/h1-14,22H,15H2,(H,26,27)/b25-14-. The average Bonchev–Trinajstić information content (AvgIpc) is 2.74. The number of carbonyl (C=O) groups is 1. The van der Waals surface area contributed by atoms with Gasteiger partial charge in [0.2, 0.25) is 0 Å². The SMILES string of the molecule is O=C(CO/N=C\c1ccc(OC(F)F)cc1)Nc1ccccc1Oc1ccccc1. The van der Waals surface area contributed by atoms with Gasteiger partial charge in [-0.2, -0.15) is 8.78 Å². The molecule has 1 N–H and O–H groups in total. The van der Waals surface area contributed by atoms with Crippen LogP contribution in [0, 0.1) is 0 Å². The Kier molecular flexibility index (Phi) is 7.32. The molecule has 1 amide bonds. The number of hydrogen-bond donors (Lipinski definition) is 1. The molecule has 3 rings (SSSR count). The molecule has 6 nitrogen and oxygen atoms in total. The number of para-hydroxylation sites is 3. The summed E-state index contributed by atoms with van der Waals surface area (Å²) in [5.41, 5.74) is 1.09. The van der Waals surface area contributed by atoms with Crippen LogP contribution in [-0.2, 0) is 9.63 Å². The van der Waals surface area contributed by atoms with Gasteiger partial charge in [0.15, 0.2) is 12.4 Å². The molecular formula is C22H18F2N2O4. The highest BCUT2D eigenvalue weighted by molar-refractivity contribution is 5.93. The van der Waals surface area contributed by atoms with Crippen molar-refractivity contribution in [1.29, 1.82) is 0 Å². The lowest BCUT2D eigenvalue weighted by atomic mass is 10.2. The number of carbonyl (C=O) groups excluding carboxylic acids is 1. The van der Waals surface area contributed by atoms with Gasteiger partial charge < -0.3 is 19.6 Å². The van der Waals surface area contributed by atoms with Crippen LogP contribution in [-0.4, -0.2) is 25.3 Å². The Hall–Kier alpha value is -3.94. The molecule has 3 aromatic rings. The van der Waals surface area contributed by atoms with Crippen molar-refractivity contribution >= 4 is 17.8 Å². The maximum absolute atomic E-state index is 12.1. The summed E-state index contributed by atoms with van der Waals surface area (Å²) in [6.45, 7) is -3.20. The minimum atomic E-state index is -2.88. The maximum atomic E-state index is 12.1. The van der Waals surface area contributed by atoms with Crippen LogP contribution in [0.25, 0.3) is 0 Å². The molecule has 0 aliphatic heterocycles. The minimum Gasteiger partial charge on any atom is -0.455 e. The fourth-order valence-corrected chi connectivity index (χ4v) is 2.39. The van der Waals surface area contributed by atoms with Crippen molar-refractivity contribution in [3.8, 4) is 17.2 Å². The number of alkyl halides is 2. The van der Waals surface area contributed by atoms with Crippen LogP contribution < -0.4 is 14.8 Å². The number of oxime groups is 1. The van der Waals surface area contributed by atoms with Crippen LogP contribution in [0.2, 0.25) is 0 Å². The summed E-state index contributed by atoms with van der Waals surface area (Å²) in [5, 5.41) is 6.40. The van der Waals surface area contributed by atoms with Crippen LogP contribution in [0.15, 0.2) is 84.0 Å². The predicted molar refractivity (Wildman–Crippen MR) is 108 cm³/mol. The number of benzene rings is 3. The van der Waals surface area contributed by atoms with Crippen LogP contribution in [0.5, 0.6) is 17.2 Å². The molecule has 0 bridgehead atoms. The van der Waals surface area contributed by atoms with Gasteiger partial charge in [-0.1, -0.05) is 35.5 Å². The molecule has 154 valence electrons. The van der Waals surface area contributed by atoms with Crippen molar-refractivity contribution in [2.75, 3.05) is 11.9 Å². The first-order valence-corrected chi connectivity index (χ1v) is 8.92. The Labute approximate surface area is 171 Å². The van der Waals surface area contributed by atoms with Crippen molar-refractivity contribution in [2.45, 2.75) is 6.61 Å². The number of hydrogen-bond acceptors (Lipinski definition) is 5. The molecule has 0 spiro atoms. The van der Waals surface area contributed by atoms with Gasteiger partial charge in [-0.15, -0.1) is 0 Å². The van der Waals surface area contributed by atoms with Gasteiger partial charge in [-0.25, -0.2) is 0 Å². The lowest BCUT2D eigenvalue weighted by Crippen LogP contribution is -2.17. The number of ether oxygens (including phenoxy) is 2. The van der Waals surface area contributed by atoms with Crippen molar-refractivity contribution in [1.82, 2.24) is 0 Å². The van der Waals surface area contributed by atoms with Gasteiger partial charge in [0.25, 0.3) is 5.91 Å². The van der Waals surface area contributed by atoms with E-state index in [9.17, 15) is 13.6 Å². The van der Waals surface area contributed by atoms with E-state index in [1.54, 1.807) is 24.3 Å². The zero-order valence-electron chi connectivity index (χ0n) is 15.7. The Morgan fingerprint density at radius 3 is 2.37 bits per heavy atom. The molecule has 0 saturated carbocycles. The molecule has 0 saturated heterocycles. The molecule has 0 aliphatic rings. The fraction of sp³-hybridized carbons (Fsp3) is 0.0909. The molecule has 0 heterocycles. The van der Waals surface area contributed by atoms with E-state index in [4.69, 9.17) is 9.57 Å². The topological polar surface area (TPSA) is 69.2 Å². The van der Waals surface area contributed by atoms with E-state index in [0.717, 1.165) is 0 Å². The highest BCUT2D eigenvalue weighted by atomic mass is 19.3. The van der Waals surface area contributed by atoms with Crippen molar-refractivity contribution < 1.29 is 27.9 Å². The highest BCUT2D eigenvalue weighted by Gasteiger charge is 2.09. The Morgan fingerprint density at radius 1 is 0.933 bits per heavy atom. The molecule has 0 radical (unpaired) electrons. The van der Waals surface area contributed by atoms with Gasteiger partial charge in [0, 0.05) is 0 Å². The van der Waals surface area contributed by atoms with Crippen molar-refractivity contribution in [2.24, 2.45) is 5.16 Å².